The Morgan fingerprint density at radius 3 is 2.57 bits per heavy atom. The van der Waals surface area contributed by atoms with Crippen LogP contribution in [0.15, 0.2) is 18.2 Å². The van der Waals surface area contributed by atoms with Crippen LogP contribution in [0, 0.1) is 11.8 Å². The highest BCUT2D eigenvalue weighted by Gasteiger charge is 2.33. The summed E-state index contributed by atoms with van der Waals surface area (Å²) in [5.41, 5.74) is 1.00. The molecular weight excluding hydrogens is 307 g/mol. The van der Waals surface area contributed by atoms with Crippen molar-refractivity contribution in [2.75, 3.05) is 13.1 Å². The van der Waals surface area contributed by atoms with E-state index in [0.717, 1.165) is 18.7 Å². The van der Waals surface area contributed by atoms with Crippen molar-refractivity contribution in [3.8, 4) is 0 Å². The molecule has 5 heteroatoms. The summed E-state index contributed by atoms with van der Waals surface area (Å²) in [4.78, 5) is 14.7. The summed E-state index contributed by atoms with van der Waals surface area (Å²) in [5, 5.41) is 4.36. The van der Waals surface area contributed by atoms with Gasteiger partial charge in [0.2, 0.25) is 5.91 Å². The summed E-state index contributed by atoms with van der Waals surface area (Å²) >= 11 is 12.0. The summed E-state index contributed by atoms with van der Waals surface area (Å²) in [6.45, 7) is 8.46. The molecule has 2 rings (SSSR count). The smallest absolute Gasteiger partial charge is 0.227 e. The minimum atomic E-state index is 0.0650. The van der Waals surface area contributed by atoms with Crippen molar-refractivity contribution >= 4 is 29.1 Å². The molecule has 1 aliphatic heterocycles. The Balaban J connectivity index is 2.15. The molecule has 1 aliphatic rings. The van der Waals surface area contributed by atoms with Crippen LogP contribution in [0.2, 0.25) is 10.0 Å². The highest BCUT2D eigenvalue weighted by atomic mass is 35.5. The van der Waals surface area contributed by atoms with Gasteiger partial charge in [-0.15, -0.1) is 0 Å². The van der Waals surface area contributed by atoms with Crippen LogP contribution in [-0.2, 0) is 11.3 Å². The Hall–Kier alpha value is -0.770. The number of carbonyl (C=O) groups excluding carboxylic acids is 1. The average molecular weight is 329 g/mol. The fourth-order valence-electron chi connectivity index (χ4n) is 2.70. The molecule has 0 saturated carbocycles. The molecule has 1 heterocycles. The lowest BCUT2D eigenvalue weighted by Crippen LogP contribution is -2.42. The number of carbonyl (C=O) groups is 1. The molecule has 116 valence electrons. The fraction of sp³-hybridized carbons (Fsp3) is 0.562. The van der Waals surface area contributed by atoms with Crippen LogP contribution in [0.4, 0.5) is 0 Å². The molecule has 0 aliphatic carbocycles. The van der Waals surface area contributed by atoms with Crippen molar-refractivity contribution in [3.05, 3.63) is 33.8 Å². The van der Waals surface area contributed by atoms with Crippen LogP contribution in [-0.4, -0.2) is 29.9 Å². The number of halogens is 2. The molecule has 1 N–H and O–H groups in total. The van der Waals surface area contributed by atoms with Crippen molar-refractivity contribution < 1.29 is 4.79 Å². The predicted molar refractivity (Wildman–Crippen MR) is 87.7 cm³/mol. The molecule has 1 aromatic rings. The highest BCUT2D eigenvalue weighted by Crippen LogP contribution is 2.25. The van der Waals surface area contributed by atoms with E-state index in [-0.39, 0.29) is 17.9 Å². The lowest BCUT2D eigenvalue weighted by molar-refractivity contribution is -0.138. The topological polar surface area (TPSA) is 32.3 Å². The van der Waals surface area contributed by atoms with Crippen molar-refractivity contribution in [2.24, 2.45) is 11.8 Å². The van der Waals surface area contributed by atoms with Crippen LogP contribution < -0.4 is 5.32 Å². The standard InChI is InChI=1S/C16H22Cl2N2O/c1-10(2)20(16(21)13-8-19-7-11(13)3)9-12-4-5-14(17)15(18)6-12/h4-6,10-11,13,19H,7-9H2,1-3H3/t11-,13-/m1/s1. The lowest BCUT2D eigenvalue weighted by atomic mass is 9.96. The van der Waals surface area contributed by atoms with Crippen LogP contribution >= 0.6 is 23.2 Å². The van der Waals surface area contributed by atoms with E-state index in [4.69, 9.17) is 23.2 Å². The summed E-state index contributed by atoms with van der Waals surface area (Å²) in [7, 11) is 0. The Labute approximate surface area is 136 Å². The second-order valence-corrected chi connectivity index (χ2v) is 6.86. The maximum Gasteiger partial charge on any atom is 0.227 e. The lowest BCUT2D eigenvalue weighted by Gasteiger charge is -2.30. The Kier molecular flexibility index (Phi) is 5.53. The average Bonchev–Trinajstić information content (AvgIpc) is 2.85. The maximum atomic E-state index is 12.8. The predicted octanol–water partition coefficient (Wildman–Crippen LogP) is 3.59. The highest BCUT2D eigenvalue weighted by molar-refractivity contribution is 6.42. The first-order valence-corrected chi connectivity index (χ1v) is 8.11. The van der Waals surface area contributed by atoms with E-state index in [1.54, 1.807) is 6.07 Å². The first-order chi connectivity index (χ1) is 9.90. The van der Waals surface area contributed by atoms with E-state index in [1.807, 2.05) is 30.9 Å². The molecular formula is C16H22Cl2N2O. The van der Waals surface area contributed by atoms with Gasteiger partial charge in [0.1, 0.15) is 0 Å². The third-order valence-electron chi connectivity index (χ3n) is 4.08. The van der Waals surface area contributed by atoms with Gasteiger partial charge in [-0.05, 0) is 44.0 Å². The molecule has 3 nitrogen and oxygen atoms in total. The Morgan fingerprint density at radius 1 is 1.33 bits per heavy atom. The normalized spacial score (nSPS) is 21.8. The fourth-order valence-corrected chi connectivity index (χ4v) is 3.02. The Bertz CT molecular complexity index is 519. The van der Waals surface area contributed by atoms with E-state index < -0.39 is 0 Å². The summed E-state index contributed by atoms with van der Waals surface area (Å²) < 4.78 is 0. The van der Waals surface area contributed by atoms with Crippen LogP contribution in [0.3, 0.4) is 0 Å². The number of benzene rings is 1. The zero-order valence-electron chi connectivity index (χ0n) is 12.7. The number of rotatable bonds is 4. The van der Waals surface area contributed by atoms with E-state index >= 15 is 0 Å². The molecule has 1 saturated heterocycles. The van der Waals surface area contributed by atoms with Crippen molar-refractivity contribution in [1.29, 1.82) is 0 Å². The van der Waals surface area contributed by atoms with Gasteiger partial charge in [0.05, 0.1) is 16.0 Å². The van der Waals surface area contributed by atoms with Gasteiger partial charge in [0.15, 0.2) is 0 Å². The first-order valence-electron chi connectivity index (χ1n) is 7.35. The van der Waals surface area contributed by atoms with E-state index in [2.05, 4.69) is 12.2 Å². The van der Waals surface area contributed by atoms with Crippen molar-refractivity contribution in [2.45, 2.75) is 33.4 Å². The summed E-state index contributed by atoms with van der Waals surface area (Å²) in [6, 6.07) is 5.69. The minimum absolute atomic E-state index is 0.0650. The number of hydrogen-bond acceptors (Lipinski definition) is 2. The Morgan fingerprint density at radius 2 is 2.05 bits per heavy atom. The van der Waals surface area contributed by atoms with E-state index in [0.29, 0.717) is 22.5 Å². The van der Waals surface area contributed by atoms with Gasteiger partial charge < -0.3 is 10.2 Å². The van der Waals surface area contributed by atoms with Gasteiger partial charge in [-0.1, -0.05) is 36.2 Å². The van der Waals surface area contributed by atoms with Gasteiger partial charge in [-0.25, -0.2) is 0 Å². The SMILES string of the molecule is CC(C)N(Cc1ccc(Cl)c(Cl)c1)C(=O)[C@@H]1CNC[C@H]1C. The summed E-state index contributed by atoms with van der Waals surface area (Å²) in [5.74, 6) is 0.663. The number of hydrogen-bond donors (Lipinski definition) is 1. The molecule has 0 unspecified atom stereocenters. The van der Waals surface area contributed by atoms with Gasteiger partial charge in [0.25, 0.3) is 0 Å². The molecule has 1 fully saturated rings. The second kappa shape index (κ2) is 6.99. The second-order valence-electron chi connectivity index (χ2n) is 6.05. The molecule has 0 aromatic heterocycles. The molecule has 0 radical (unpaired) electrons. The monoisotopic (exact) mass is 328 g/mol. The van der Waals surface area contributed by atoms with Crippen LogP contribution in [0.25, 0.3) is 0 Å². The number of amides is 1. The van der Waals surface area contributed by atoms with E-state index in [1.165, 1.54) is 0 Å². The third-order valence-corrected chi connectivity index (χ3v) is 4.82. The molecule has 1 amide bonds. The van der Waals surface area contributed by atoms with Crippen molar-refractivity contribution in [1.82, 2.24) is 10.2 Å². The quantitative estimate of drug-likeness (QED) is 0.916. The zero-order chi connectivity index (χ0) is 15.6. The van der Waals surface area contributed by atoms with Crippen molar-refractivity contribution in [3.63, 3.8) is 0 Å². The third kappa shape index (κ3) is 3.91. The van der Waals surface area contributed by atoms with Crippen LogP contribution in [0.1, 0.15) is 26.3 Å². The number of nitrogens with one attached hydrogen (secondary N) is 1. The zero-order valence-corrected chi connectivity index (χ0v) is 14.2. The van der Waals surface area contributed by atoms with Gasteiger partial charge >= 0.3 is 0 Å². The van der Waals surface area contributed by atoms with Crippen LogP contribution in [0.5, 0.6) is 0 Å². The molecule has 2 atom stereocenters. The summed E-state index contributed by atoms with van der Waals surface area (Å²) in [6.07, 6.45) is 0. The first kappa shape index (κ1) is 16.6. The van der Waals surface area contributed by atoms with Gasteiger partial charge in [-0.3, -0.25) is 4.79 Å². The molecule has 21 heavy (non-hydrogen) atoms. The molecule has 1 aromatic carbocycles. The maximum absolute atomic E-state index is 12.8. The van der Waals surface area contributed by atoms with Gasteiger partial charge in [-0.2, -0.15) is 0 Å². The largest absolute Gasteiger partial charge is 0.336 e. The van der Waals surface area contributed by atoms with E-state index in [9.17, 15) is 4.79 Å². The number of nitrogens with zero attached hydrogens (tertiary/aromatic N) is 1. The minimum Gasteiger partial charge on any atom is -0.336 e. The molecule has 0 bridgehead atoms. The molecule has 0 spiro atoms. The van der Waals surface area contributed by atoms with Gasteiger partial charge in [0, 0.05) is 19.1 Å².